The standard InChI is InChI=1S/C21H17Cl2NO6/c1-29-17-5-3-4-14-18(17)19(15(25)9-16(26)21(27)28)20(30-2)24(14)10-11-6-7-12(22)8-13(11)23/h3-9,25H,10H2,1-2H3,(H,27,28)/b15-9-. The molecular weight excluding hydrogens is 433 g/mol. The van der Waals surface area contributed by atoms with Gasteiger partial charge >= 0.3 is 5.97 Å². The highest BCUT2D eigenvalue weighted by Gasteiger charge is 2.25. The van der Waals surface area contributed by atoms with Crippen molar-refractivity contribution in [2.24, 2.45) is 0 Å². The monoisotopic (exact) mass is 449 g/mol. The number of nitrogens with zero attached hydrogens (tertiary/aromatic N) is 1. The number of rotatable bonds is 7. The number of carbonyl (C=O) groups is 2. The number of aliphatic hydroxyl groups is 1. The summed E-state index contributed by atoms with van der Waals surface area (Å²) in [6.45, 7) is 0.253. The van der Waals surface area contributed by atoms with Gasteiger partial charge in [0.05, 0.1) is 37.2 Å². The Morgan fingerprint density at radius 3 is 2.43 bits per heavy atom. The first kappa shape index (κ1) is 21.5. The summed E-state index contributed by atoms with van der Waals surface area (Å²) in [5, 5.41) is 20.9. The number of carboxylic acid groups (broad SMARTS) is 1. The number of aromatic nitrogens is 1. The zero-order chi connectivity index (χ0) is 22.0. The van der Waals surface area contributed by atoms with Gasteiger partial charge < -0.3 is 24.3 Å². The number of carboxylic acids is 1. The van der Waals surface area contributed by atoms with E-state index in [0.717, 1.165) is 5.56 Å². The number of aliphatic carboxylic acids is 1. The maximum Gasteiger partial charge on any atom is 0.376 e. The van der Waals surface area contributed by atoms with Crippen molar-refractivity contribution in [1.82, 2.24) is 4.57 Å². The van der Waals surface area contributed by atoms with Crippen LogP contribution in [-0.4, -0.2) is 40.8 Å². The van der Waals surface area contributed by atoms with E-state index in [1.165, 1.54) is 14.2 Å². The van der Waals surface area contributed by atoms with Gasteiger partial charge in [-0.3, -0.25) is 4.79 Å². The maximum atomic E-state index is 11.6. The second-order valence-electron chi connectivity index (χ2n) is 6.26. The minimum absolute atomic E-state index is 0.129. The van der Waals surface area contributed by atoms with Crippen LogP contribution in [0.4, 0.5) is 0 Å². The minimum Gasteiger partial charge on any atom is -0.507 e. The van der Waals surface area contributed by atoms with E-state index in [1.54, 1.807) is 41.0 Å². The maximum absolute atomic E-state index is 11.6. The van der Waals surface area contributed by atoms with Gasteiger partial charge in [-0.15, -0.1) is 0 Å². The van der Waals surface area contributed by atoms with Crippen molar-refractivity contribution in [3.8, 4) is 11.6 Å². The lowest BCUT2D eigenvalue weighted by Crippen LogP contribution is -2.10. The number of halogens is 2. The lowest BCUT2D eigenvalue weighted by molar-refractivity contribution is -0.146. The second-order valence-corrected chi connectivity index (χ2v) is 7.10. The molecule has 0 radical (unpaired) electrons. The predicted molar refractivity (Wildman–Crippen MR) is 114 cm³/mol. The first-order valence-corrected chi connectivity index (χ1v) is 9.39. The van der Waals surface area contributed by atoms with Crippen molar-refractivity contribution in [3.05, 3.63) is 63.6 Å². The number of hydrogen-bond donors (Lipinski definition) is 2. The molecule has 0 spiro atoms. The highest BCUT2D eigenvalue weighted by molar-refractivity contribution is 6.38. The molecule has 0 aliphatic carbocycles. The van der Waals surface area contributed by atoms with Crippen LogP contribution in [0.2, 0.25) is 10.0 Å². The SMILES string of the molecule is COc1cccc2c1c(/C(O)=C/C(=O)C(=O)O)c(OC)n2Cc1ccc(Cl)cc1Cl. The van der Waals surface area contributed by atoms with E-state index >= 15 is 0 Å². The third kappa shape index (κ3) is 3.94. The Morgan fingerprint density at radius 2 is 1.83 bits per heavy atom. The lowest BCUT2D eigenvalue weighted by Gasteiger charge is -2.12. The quantitative estimate of drug-likeness (QED) is 0.311. The molecule has 0 aliphatic heterocycles. The number of hydrogen-bond acceptors (Lipinski definition) is 5. The molecule has 3 aromatic rings. The van der Waals surface area contributed by atoms with Crippen molar-refractivity contribution >= 4 is 51.6 Å². The van der Waals surface area contributed by atoms with Crippen LogP contribution in [0.25, 0.3) is 16.7 Å². The molecular formula is C21H17Cl2NO6. The van der Waals surface area contributed by atoms with Crippen LogP contribution in [0.5, 0.6) is 11.6 Å². The van der Waals surface area contributed by atoms with Crippen molar-refractivity contribution < 1.29 is 29.3 Å². The van der Waals surface area contributed by atoms with Gasteiger partial charge in [0, 0.05) is 16.1 Å². The molecule has 9 heteroatoms. The zero-order valence-electron chi connectivity index (χ0n) is 16.0. The predicted octanol–water partition coefficient (Wildman–Crippen LogP) is 4.57. The average molecular weight is 450 g/mol. The van der Waals surface area contributed by atoms with Crippen LogP contribution in [0.15, 0.2) is 42.5 Å². The van der Waals surface area contributed by atoms with E-state index < -0.39 is 17.5 Å². The summed E-state index contributed by atoms with van der Waals surface area (Å²) >= 11 is 12.3. The summed E-state index contributed by atoms with van der Waals surface area (Å²) in [6.07, 6.45) is 0.631. The highest BCUT2D eigenvalue weighted by atomic mass is 35.5. The Morgan fingerprint density at radius 1 is 1.10 bits per heavy atom. The Labute approximate surface area is 181 Å². The number of benzene rings is 2. The Bertz CT molecular complexity index is 1180. The van der Waals surface area contributed by atoms with Gasteiger partial charge in [0.25, 0.3) is 5.78 Å². The van der Waals surface area contributed by atoms with Crippen LogP contribution in [0.3, 0.4) is 0 Å². The molecule has 0 aliphatic rings. The molecule has 1 heterocycles. The summed E-state index contributed by atoms with van der Waals surface area (Å²) in [6, 6.07) is 10.3. The molecule has 7 nitrogen and oxygen atoms in total. The van der Waals surface area contributed by atoms with Crippen LogP contribution in [-0.2, 0) is 16.1 Å². The fourth-order valence-corrected chi connectivity index (χ4v) is 3.67. The third-order valence-corrected chi connectivity index (χ3v) is 5.08. The fourth-order valence-electron chi connectivity index (χ4n) is 3.20. The molecule has 0 unspecified atom stereocenters. The zero-order valence-corrected chi connectivity index (χ0v) is 17.5. The topological polar surface area (TPSA) is 98.0 Å². The third-order valence-electron chi connectivity index (χ3n) is 4.50. The van der Waals surface area contributed by atoms with E-state index in [2.05, 4.69) is 0 Å². The highest BCUT2D eigenvalue weighted by Crippen LogP contribution is 2.42. The van der Waals surface area contributed by atoms with Crippen LogP contribution < -0.4 is 9.47 Å². The van der Waals surface area contributed by atoms with Crippen molar-refractivity contribution in [2.75, 3.05) is 14.2 Å². The normalized spacial score (nSPS) is 11.5. The Kier molecular flexibility index (Phi) is 6.24. The Balaban J connectivity index is 2.30. The van der Waals surface area contributed by atoms with Gasteiger partial charge in [0.2, 0.25) is 5.88 Å². The largest absolute Gasteiger partial charge is 0.507 e. The number of fused-ring (bicyclic) bond motifs is 1. The molecule has 2 N–H and O–H groups in total. The van der Waals surface area contributed by atoms with E-state index in [4.69, 9.17) is 37.8 Å². The smallest absolute Gasteiger partial charge is 0.376 e. The molecule has 2 aromatic carbocycles. The molecule has 156 valence electrons. The molecule has 3 rings (SSSR count). The van der Waals surface area contributed by atoms with Gasteiger partial charge in [-0.05, 0) is 29.8 Å². The number of aliphatic hydroxyl groups excluding tert-OH is 1. The average Bonchev–Trinajstić information content (AvgIpc) is 3.03. The first-order chi connectivity index (χ1) is 14.3. The molecule has 1 aromatic heterocycles. The van der Waals surface area contributed by atoms with E-state index in [1.807, 2.05) is 0 Å². The van der Waals surface area contributed by atoms with Gasteiger partial charge in [-0.1, -0.05) is 35.3 Å². The molecule has 0 bridgehead atoms. The Hall–Kier alpha value is -3.16. The van der Waals surface area contributed by atoms with Gasteiger partial charge in [0.1, 0.15) is 11.5 Å². The molecule has 0 saturated heterocycles. The molecule has 0 fully saturated rings. The summed E-state index contributed by atoms with van der Waals surface area (Å²) < 4.78 is 12.7. The number of carbonyl (C=O) groups excluding carboxylic acids is 1. The number of methoxy groups -OCH3 is 2. The van der Waals surface area contributed by atoms with Crippen LogP contribution in [0, 0.1) is 0 Å². The lowest BCUT2D eigenvalue weighted by atomic mass is 10.1. The first-order valence-electron chi connectivity index (χ1n) is 8.63. The van der Waals surface area contributed by atoms with E-state index in [-0.39, 0.29) is 18.0 Å². The summed E-state index contributed by atoms with van der Waals surface area (Å²) in [4.78, 5) is 22.6. The molecule has 0 amide bonds. The summed E-state index contributed by atoms with van der Waals surface area (Å²) in [5.41, 5.74) is 1.48. The number of ether oxygens (including phenoxy) is 2. The van der Waals surface area contributed by atoms with E-state index in [9.17, 15) is 14.7 Å². The van der Waals surface area contributed by atoms with Crippen LogP contribution in [0.1, 0.15) is 11.1 Å². The van der Waals surface area contributed by atoms with Crippen molar-refractivity contribution in [1.29, 1.82) is 0 Å². The molecule has 0 atom stereocenters. The molecule has 0 saturated carbocycles. The van der Waals surface area contributed by atoms with E-state index in [0.29, 0.717) is 32.8 Å². The summed E-state index contributed by atoms with van der Waals surface area (Å²) in [5.74, 6) is -2.91. The van der Waals surface area contributed by atoms with Gasteiger partial charge in [-0.2, -0.15) is 0 Å². The van der Waals surface area contributed by atoms with Crippen molar-refractivity contribution in [2.45, 2.75) is 6.54 Å². The second kappa shape index (κ2) is 8.69. The molecule has 30 heavy (non-hydrogen) atoms. The minimum atomic E-state index is -1.69. The van der Waals surface area contributed by atoms with Crippen molar-refractivity contribution in [3.63, 3.8) is 0 Å². The fraction of sp³-hybridized carbons (Fsp3) is 0.143. The van der Waals surface area contributed by atoms with Crippen LogP contribution >= 0.6 is 23.2 Å². The van der Waals surface area contributed by atoms with Gasteiger partial charge in [0.15, 0.2) is 0 Å². The van der Waals surface area contributed by atoms with Gasteiger partial charge in [-0.25, -0.2) is 4.79 Å². The summed E-state index contributed by atoms with van der Waals surface area (Å²) in [7, 11) is 2.86. The number of ketones is 1.